The Bertz CT molecular complexity index is 394. The molecule has 1 aliphatic heterocycles. The second-order valence-corrected chi connectivity index (χ2v) is 5.90. The zero-order chi connectivity index (χ0) is 12.6. The fourth-order valence-corrected chi connectivity index (χ4v) is 2.44. The molecule has 1 fully saturated rings. The monoisotopic (exact) mass is 238 g/mol. The molecule has 1 aliphatic rings. The van der Waals surface area contributed by atoms with E-state index in [2.05, 4.69) is 38.0 Å². The summed E-state index contributed by atoms with van der Waals surface area (Å²) in [5.41, 5.74) is 6.85. The predicted molar refractivity (Wildman–Crippen MR) is 66.7 cm³/mol. The van der Waals surface area contributed by atoms with Crippen molar-refractivity contribution in [3.05, 3.63) is 5.69 Å². The lowest BCUT2D eigenvalue weighted by molar-refractivity contribution is 0.0424. The first kappa shape index (κ1) is 12.4. The molecule has 2 heterocycles. The van der Waals surface area contributed by atoms with E-state index in [4.69, 9.17) is 10.5 Å². The number of ether oxygens (including phenoxy) is 1. The van der Waals surface area contributed by atoms with Gasteiger partial charge in [0.15, 0.2) is 5.82 Å². The summed E-state index contributed by atoms with van der Waals surface area (Å²) in [4.78, 5) is 0. The highest BCUT2D eigenvalue weighted by molar-refractivity contribution is 5.37. The molecule has 1 aromatic rings. The van der Waals surface area contributed by atoms with E-state index in [1.165, 1.54) is 0 Å². The van der Waals surface area contributed by atoms with Crippen molar-refractivity contribution in [2.75, 3.05) is 5.73 Å². The number of hydrogen-bond donors (Lipinski definition) is 1. The third kappa shape index (κ3) is 2.60. The van der Waals surface area contributed by atoms with Gasteiger partial charge in [0.05, 0.1) is 24.4 Å². The molecule has 2 N–H and O–H groups in total. The second-order valence-electron chi connectivity index (χ2n) is 5.90. The molecule has 17 heavy (non-hydrogen) atoms. The summed E-state index contributed by atoms with van der Waals surface area (Å²) in [6.45, 7) is 9.23. The van der Waals surface area contributed by atoms with Crippen LogP contribution in [0.1, 0.15) is 46.2 Å². The van der Waals surface area contributed by atoms with Gasteiger partial charge in [0.25, 0.3) is 0 Å². The summed E-state index contributed by atoms with van der Waals surface area (Å²) in [6.07, 6.45) is 2.82. The molecule has 5 heteroatoms. The van der Waals surface area contributed by atoms with E-state index >= 15 is 0 Å². The Kier molecular flexibility index (Phi) is 3.12. The number of nitrogens with two attached hydrogens (primary N) is 1. The van der Waals surface area contributed by atoms with Crippen molar-refractivity contribution in [1.29, 1.82) is 0 Å². The molecular formula is C12H22N4O. The van der Waals surface area contributed by atoms with E-state index in [1.54, 1.807) is 0 Å². The minimum absolute atomic E-state index is 0.0438. The van der Waals surface area contributed by atoms with Gasteiger partial charge >= 0.3 is 0 Å². The summed E-state index contributed by atoms with van der Waals surface area (Å²) in [7, 11) is 0. The van der Waals surface area contributed by atoms with Crippen molar-refractivity contribution in [1.82, 2.24) is 15.0 Å². The van der Waals surface area contributed by atoms with Crippen LogP contribution in [-0.4, -0.2) is 27.2 Å². The fourth-order valence-electron chi connectivity index (χ4n) is 2.44. The van der Waals surface area contributed by atoms with E-state index in [0.29, 0.717) is 11.9 Å². The third-order valence-electron chi connectivity index (χ3n) is 3.17. The first-order valence-electron chi connectivity index (χ1n) is 6.23. The van der Waals surface area contributed by atoms with Gasteiger partial charge in [0.1, 0.15) is 0 Å². The maximum atomic E-state index is 5.89. The fraction of sp³-hybridized carbons (Fsp3) is 0.833. The number of hydrogen-bond acceptors (Lipinski definition) is 4. The first-order chi connectivity index (χ1) is 7.88. The van der Waals surface area contributed by atoms with Crippen LogP contribution in [0.2, 0.25) is 0 Å². The lowest BCUT2D eigenvalue weighted by atomic mass is 9.92. The van der Waals surface area contributed by atoms with Gasteiger partial charge in [0, 0.05) is 5.41 Å². The zero-order valence-corrected chi connectivity index (χ0v) is 11.1. The van der Waals surface area contributed by atoms with E-state index in [-0.39, 0.29) is 11.5 Å². The number of nitrogens with zero attached hydrogens (tertiary/aromatic N) is 3. The number of rotatable bonds is 2. The Morgan fingerprint density at radius 1 is 1.41 bits per heavy atom. The van der Waals surface area contributed by atoms with Crippen LogP contribution in [0.4, 0.5) is 5.82 Å². The molecule has 0 amide bonds. The molecule has 0 aromatic carbocycles. The molecule has 5 nitrogen and oxygen atoms in total. The van der Waals surface area contributed by atoms with E-state index in [0.717, 1.165) is 25.1 Å². The molecule has 0 spiro atoms. The van der Waals surface area contributed by atoms with Gasteiger partial charge in [-0.15, -0.1) is 5.10 Å². The highest BCUT2D eigenvalue weighted by atomic mass is 16.5. The van der Waals surface area contributed by atoms with Crippen LogP contribution in [0.3, 0.4) is 0 Å². The Hall–Kier alpha value is -1.10. The second kappa shape index (κ2) is 4.29. The van der Waals surface area contributed by atoms with Crippen molar-refractivity contribution in [2.45, 2.75) is 64.7 Å². The van der Waals surface area contributed by atoms with Crippen LogP contribution >= 0.6 is 0 Å². The number of nitrogen functional groups attached to an aromatic ring is 1. The Labute approximate surface area is 102 Å². The van der Waals surface area contributed by atoms with E-state index < -0.39 is 0 Å². The molecule has 0 radical (unpaired) electrons. The smallest absolute Gasteiger partial charge is 0.169 e. The molecule has 2 rings (SSSR count). The highest BCUT2D eigenvalue weighted by Gasteiger charge is 2.28. The van der Waals surface area contributed by atoms with Crippen LogP contribution in [0.25, 0.3) is 0 Å². The zero-order valence-electron chi connectivity index (χ0n) is 11.1. The quantitative estimate of drug-likeness (QED) is 0.852. The van der Waals surface area contributed by atoms with Crippen LogP contribution in [0.5, 0.6) is 0 Å². The first-order valence-corrected chi connectivity index (χ1v) is 6.23. The largest absolute Gasteiger partial charge is 0.381 e. The number of anilines is 1. The topological polar surface area (TPSA) is 66.0 Å². The van der Waals surface area contributed by atoms with Gasteiger partial charge in [-0.3, -0.25) is 0 Å². The highest BCUT2D eigenvalue weighted by Crippen LogP contribution is 2.28. The van der Waals surface area contributed by atoms with Gasteiger partial charge in [-0.25, -0.2) is 4.68 Å². The summed E-state index contributed by atoms with van der Waals surface area (Å²) in [5, 5.41) is 8.11. The summed E-state index contributed by atoms with van der Waals surface area (Å²) >= 11 is 0. The van der Waals surface area contributed by atoms with Crippen molar-refractivity contribution < 1.29 is 4.74 Å². The average molecular weight is 238 g/mol. The van der Waals surface area contributed by atoms with Gasteiger partial charge in [0.2, 0.25) is 0 Å². The van der Waals surface area contributed by atoms with Crippen LogP contribution in [-0.2, 0) is 16.7 Å². The Morgan fingerprint density at radius 3 is 2.65 bits per heavy atom. The molecular weight excluding hydrogens is 216 g/mol. The Morgan fingerprint density at radius 2 is 2.12 bits per heavy atom. The maximum Gasteiger partial charge on any atom is 0.169 e. The standard InChI is InChI=1S/C12H22N4O/c1-8-5-6-9(17-8)7-16-10(12(2,3)4)11(13)14-15-16/h8-9H,5-7,13H2,1-4H3. The van der Waals surface area contributed by atoms with Gasteiger partial charge < -0.3 is 10.5 Å². The lowest BCUT2D eigenvalue weighted by Crippen LogP contribution is -2.25. The number of aromatic nitrogens is 3. The maximum absolute atomic E-state index is 5.89. The van der Waals surface area contributed by atoms with Crippen molar-refractivity contribution >= 4 is 5.82 Å². The van der Waals surface area contributed by atoms with Crippen LogP contribution < -0.4 is 5.73 Å². The SMILES string of the molecule is CC1CCC(Cn2nnc(N)c2C(C)(C)C)O1. The van der Waals surface area contributed by atoms with E-state index in [9.17, 15) is 0 Å². The molecule has 1 aromatic heterocycles. The minimum Gasteiger partial charge on any atom is -0.381 e. The molecule has 2 atom stereocenters. The minimum atomic E-state index is -0.0438. The molecule has 0 bridgehead atoms. The summed E-state index contributed by atoms with van der Waals surface area (Å²) in [5.74, 6) is 0.531. The van der Waals surface area contributed by atoms with Crippen LogP contribution in [0, 0.1) is 0 Å². The van der Waals surface area contributed by atoms with Crippen molar-refractivity contribution in [2.24, 2.45) is 0 Å². The third-order valence-corrected chi connectivity index (χ3v) is 3.17. The van der Waals surface area contributed by atoms with E-state index in [1.807, 2.05) is 4.68 Å². The molecule has 96 valence electrons. The summed E-state index contributed by atoms with van der Waals surface area (Å²) in [6, 6.07) is 0. The van der Waals surface area contributed by atoms with Gasteiger partial charge in [-0.05, 0) is 19.8 Å². The molecule has 1 saturated heterocycles. The Balaban J connectivity index is 2.16. The predicted octanol–water partition coefficient (Wildman–Crippen LogP) is 1.73. The van der Waals surface area contributed by atoms with Crippen LogP contribution in [0.15, 0.2) is 0 Å². The normalized spacial score (nSPS) is 25.4. The molecule has 2 unspecified atom stereocenters. The van der Waals surface area contributed by atoms with Gasteiger partial charge in [-0.1, -0.05) is 26.0 Å². The molecule has 0 aliphatic carbocycles. The van der Waals surface area contributed by atoms with Gasteiger partial charge in [-0.2, -0.15) is 0 Å². The lowest BCUT2D eigenvalue weighted by Gasteiger charge is -2.21. The average Bonchev–Trinajstić information content (AvgIpc) is 2.73. The van der Waals surface area contributed by atoms with Crippen molar-refractivity contribution in [3.63, 3.8) is 0 Å². The summed E-state index contributed by atoms with van der Waals surface area (Å²) < 4.78 is 7.71. The molecule has 0 saturated carbocycles. The van der Waals surface area contributed by atoms with Crippen molar-refractivity contribution in [3.8, 4) is 0 Å².